The van der Waals surface area contributed by atoms with E-state index in [0.717, 1.165) is 14.9 Å². The molecule has 1 amide bonds. The Balaban J connectivity index is 1.91. The van der Waals surface area contributed by atoms with Gasteiger partial charge in [-0.2, -0.15) is 0 Å². The summed E-state index contributed by atoms with van der Waals surface area (Å²) in [5.41, 5.74) is 0.855. The van der Waals surface area contributed by atoms with Crippen LogP contribution in [-0.2, 0) is 14.8 Å². The molecule has 5 nitrogen and oxygen atoms in total. The number of rotatable bonds is 7. The minimum atomic E-state index is -3.71. The Kier molecular flexibility index (Phi) is 7.28. The summed E-state index contributed by atoms with van der Waals surface area (Å²) in [5.74, 6) is 0.736. The maximum absolute atomic E-state index is 12.4. The molecular weight excluding hydrogens is 436 g/mol. The zero-order valence-electron chi connectivity index (χ0n) is 14.6. The number of hydrogen-bond donors (Lipinski definition) is 1. The number of carbonyl (C=O) groups is 1. The van der Waals surface area contributed by atoms with Crippen LogP contribution in [0.2, 0.25) is 0 Å². The Hall–Kier alpha value is -1.35. The molecule has 0 spiro atoms. The van der Waals surface area contributed by atoms with Crippen LogP contribution in [0.5, 0.6) is 0 Å². The lowest BCUT2D eigenvalue weighted by atomic mass is 10.1. The number of amides is 1. The average Bonchev–Trinajstić information content (AvgIpc) is 2.61. The molecule has 0 aromatic heterocycles. The van der Waals surface area contributed by atoms with Crippen LogP contribution in [0.15, 0.2) is 62.8 Å². The fourth-order valence-corrected chi connectivity index (χ4v) is 3.96. The molecule has 0 bridgehead atoms. The number of halogens is 1. The number of sulfonamides is 1. The minimum Gasteiger partial charge on any atom is -0.339 e. The van der Waals surface area contributed by atoms with Gasteiger partial charge in [0.2, 0.25) is 15.9 Å². The van der Waals surface area contributed by atoms with Crippen molar-refractivity contribution in [3.05, 3.63) is 58.6 Å². The number of carbonyl (C=O) groups excluding carboxylic acids is 1. The van der Waals surface area contributed by atoms with E-state index in [4.69, 9.17) is 5.14 Å². The van der Waals surface area contributed by atoms with Gasteiger partial charge in [-0.1, -0.05) is 28.1 Å². The first-order chi connectivity index (χ1) is 12.2. The monoisotopic (exact) mass is 456 g/mol. The number of benzene rings is 2. The molecule has 8 heteroatoms. The van der Waals surface area contributed by atoms with Gasteiger partial charge >= 0.3 is 0 Å². The Bertz CT molecular complexity index is 853. The van der Waals surface area contributed by atoms with Crippen molar-refractivity contribution >= 4 is 43.6 Å². The van der Waals surface area contributed by atoms with Gasteiger partial charge in [0.15, 0.2) is 0 Å². The molecule has 0 aliphatic heterocycles. The lowest BCUT2D eigenvalue weighted by Gasteiger charge is -2.25. The molecule has 140 valence electrons. The fraction of sp³-hybridized carbons (Fsp3) is 0.278. The number of primary sulfonamides is 1. The highest BCUT2D eigenvalue weighted by molar-refractivity contribution is 9.10. The summed E-state index contributed by atoms with van der Waals surface area (Å²) in [6.45, 7) is 1.91. The molecule has 1 atom stereocenters. The fourth-order valence-electron chi connectivity index (χ4n) is 2.34. The first kappa shape index (κ1) is 21.0. The zero-order chi connectivity index (χ0) is 19.3. The Morgan fingerprint density at radius 1 is 1.15 bits per heavy atom. The molecule has 0 saturated carbocycles. The van der Waals surface area contributed by atoms with Gasteiger partial charge in [0.05, 0.1) is 10.9 Å². The van der Waals surface area contributed by atoms with E-state index in [0.29, 0.717) is 12.2 Å². The van der Waals surface area contributed by atoms with E-state index in [1.165, 1.54) is 12.1 Å². The van der Waals surface area contributed by atoms with Crippen molar-refractivity contribution in [3.63, 3.8) is 0 Å². The summed E-state index contributed by atoms with van der Waals surface area (Å²) in [6, 6.07) is 14.1. The van der Waals surface area contributed by atoms with Crippen molar-refractivity contribution in [1.82, 2.24) is 4.90 Å². The third kappa shape index (κ3) is 5.84. The third-order valence-corrected chi connectivity index (χ3v) is 6.54. The van der Waals surface area contributed by atoms with Gasteiger partial charge in [0.25, 0.3) is 0 Å². The summed E-state index contributed by atoms with van der Waals surface area (Å²) >= 11 is 5.04. The maximum atomic E-state index is 12.4. The van der Waals surface area contributed by atoms with Crippen LogP contribution in [0.4, 0.5) is 0 Å². The maximum Gasteiger partial charge on any atom is 0.238 e. The molecule has 0 aliphatic rings. The van der Waals surface area contributed by atoms with Gasteiger partial charge in [-0.05, 0) is 48.9 Å². The van der Waals surface area contributed by atoms with E-state index in [-0.39, 0.29) is 16.8 Å². The summed E-state index contributed by atoms with van der Waals surface area (Å²) in [4.78, 5) is 15.3. The molecule has 2 aromatic rings. The number of nitrogens with zero attached hydrogens (tertiary/aromatic N) is 1. The Morgan fingerprint density at radius 3 is 2.27 bits per heavy atom. The molecule has 26 heavy (non-hydrogen) atoms. The van der Waals surface area contributed by atoms with E-state index in [2.05, 4.69) is 15.9 Å². The van der Waals surface area contributed by atoms with Gasteiger partial charge in [0.1, 0.15) is 0 Å². The molecule has 2 aromatic carbocycles. The second-order valence-corrected chi connectivity index (χ2v) is 9.49. The quantitative estimate of drug-likeness (QED) is 0.642. The lowest BCUT2D eigenvalue weighted by molar-refractivity contribution is -0.131. The normalized spacial score (nSPS) is 12.6. The first-order valence-electron chi connectivity index (χ1n) is 7.95. The predicted octanol–water partition coefficient (Wildman–Crippen LogP) is 3.80. The highest BCUT2D eigenvalue weighted by Crippen LogP contribution is 2.24. The van der Waals surface area contributed by atoms with Crippen LogP contribution in [0.3, 0.4) is 0 Å². The van der Waals surface area contributed by atoms with Crippen molar-refractivity contribution in [2.75, 3.05) is 12.8 Å². The highest BCUT2D eigenvalue weighted by Gasteiger charge is 2.18. The van der Waals surface area contributed by atoms with Crippen LogP contribution >= 0.6 is 27.7 Å². The van der Waals surface area contributed by atoms with Gasteiger partial charge in [-0.3, -0.25) is 4.79 Å². The number of hydrogen-bond acceptors (Lipinski definition) is 4. The molecular formula is C18H21BrN2O3S2. The topological polar surface area (TPSA) is 80.5 Å². The van der Waals surface area contributed by atoms with Crippen molar-refractivity contribution in [2.45, 2.75) is 29.2 Å². The van der Waals surface area contributed by atoms with Crippen LogP contribution in [0, 0.1) is 0 Å². The lowest BCUT2D eigenvalue weighted by Crippen LogP contribution is -2.29. The predicted molar refractivity (Wildman–Crippen MR) is 108 cm³/mol. The molecule has 0 fully saturated rings. The van der Waals surface area contributed by atoms with Crippen molar-refractivity contribution in [2.24, 2.45) is 5.14 Å². The largest absolute Gasteiger partial charge is 0.339 e. The van der Waals surface area contributed by atoms with Crippen molar-refractivity contribution < 1.29 is 13.2 Å². The minimum absolute atomic E-state index is 0.0395. The molecule has 0 saturated heterocycles. The van der Waals surface area contributed by atoms with E-state index in [1.807, 2.05) is 31.2 Å². The summed E-state index contributed by atoms with van der Waals surface area (Å²) in [6.07, 6.45) is 0.427. The van der Waals surface area contributed by atoms with E-state index < -0.39 is 10.0 Å². The highest BCUT2D eigenvalue weighted by atomic mass is 79.9. The number of thioether (sulfide) groups is 1. The van der Waals surface area contributed by atoms with Crippen molar-refractivity contribution in [3.8, 4) is 0 Å². The average molecular weight is 457 g/mol. The summed E-state index contributed by atoms with van der Waals surface area (Å²) < 4.78 is 23.7. The Morgan fingerprint density at radius 2 is 1.73 bits per heavy atom. The van der Waals surface area contributed by atoms with Crippen LogP contribution in [-0.4, -0.2) is 32.0 Å². The van der Waals surface area contributed by atoms with Gasteiger partial charge in [-0.15, -0.1) is 11.8 Å². The first-order valence-corrected chi connectivity index (χ1v) is 11.3. The Labute approximate surface area is 167 Å². The molecule has 0 heterocycles. The molecule has 1 unspecified atom stereocenters. The molecule has 0 aliphatic carbocycles. The van der Waals surface area contributed by atoms with Gasteiger partial charge < -0.3 is 4.90 Å². The standard InChI is InChI=1S/C18H21BrN2O3S2/c1-13(14-3-9-17(10-4-14)26(20,23)24)21(2)18(22)11-12-25-16-7-5-15(19)6-8-16/h3-10,13H,11-12H2,1-2H3,(H2,20,23,24). The zero-order valence-corrected chi connectivity index (χ0v) is 17.8. The SMILES string of the molecule is CC(c1ccc(S(N)(=O)=O)cc1)N(C)C(=O)CCSc1ccc(Br)cc1. The van der Waals surface area contributed by atoms with Gasteiger partial charge in [-0.25, -0.2) is 13.6 Å². The smallest absolute Gasteiger partial charge is 0.238 e. The van der Waals surface area contributed by atoms with Crippen molar-refractivity contribution in [1.29, 1.82) is 0 Å². The van der Waals surface area contributed by atoms with E-state index in [1.54, 1.807) is 35.8 Å². The molecule has 2 rings (SSSR count). The third-order valence-electron chi connectivity index (χ3n) is 4.06. The van der Waals surface area contributed by atoms with Crippen LogP contribution in [0.25, 0.3) is 0 Å². The second-order valence-electron chi connectivity index (χ2n) is 5.85. The van der Waals surface area contributed by atoms with Crippen LogP contribution in [0.1, 0.15) is 24.9 Å². The molecule has 2 N–H and O–H groups in total. The van der Waals surface area contributed by atoms with E-state index in [9.17, 15) is 13.2 Å². The van der Waals surface area contributed by atoms with E-state index >= 15 is 0 Å². The summed E-state index contributed by atoms with van der Waals surface area (Å²) in [5, 5.41) is 5.10. The van der Waals surface area contributed by atoms with Crippen LogP contribution < -0.4 is 5.14 Å². The van der Waals surface area contributed by atoms with Gasteiger partial charge in [0, 0.05) is 28.6 Å². The number of nitrogens with two attached hydrogens (primary N) is 1. The molecule has 0 radical (unpaired) electrons. The summed E-state index contributed by atoms with van der Waals surface area (Å²) in [7, 11) is -1.95. The second kappa shape index (κ2) is 9.03.